The van der Waals surface area contributed by atoms with E-state index in [0.29, 0.717) is 18.1 Å². The molecule has 4 heterocycles. The quantitative estimate of drug-likeness (QED) is 0.411. The fourth-order valence-corrected chi connectivity index (χ4v) is 3.50. The van der Waals surface area contributed by atoms with Crippen LogP contribution in [0, 0.1) is 0 Å². The first kappa shape index (κ1) is 21.3. The molecule has 3 N–H and O–H groups in total. The van der Waals surface area contributed by atoms with Gasteiger partial charge in [-0.3, -0.25) is 14.8 Å². The minimum absolute atomic E-state index is 0.0501. The van der Waals surface area contributed by atoms with Crippen molar-refractivity contribution in [2.75, 3.05) is 37.5 Å². The highest BCUT2D eigenvalue weighted by Gasteiger charge is 2.19. The predicted octanol–water partition coefficient (Wildman–Crippen LogP) is 3.08. The lowest BCUT2D eigenvalue weighted by atomic mass is 10.0. The summed E-state index contributed by atoms with van der Waals surface area (Å²) in [7, 11) is 3.50. The number of carbonyl (C=O) groups excluding carboxylic acids is 1. The Balaban J connectivity index is 1.90. The number of amides is 1. The molecule has 0 saturated heterocycles. The Morgan fingerprint density at radius 3 is 2.72 bits per heavy atom. The summed E-state index contributed by atoms with van der Waals surface area (Å²) in [6, 6.07) is 9.39. The van der Waals surface area contributed by atoms with Crippen molar-refractivity contribution in [2.45, 2.75) is 6.92 Å². The summed E-state index contributed by atoms with van der Waals surface area (Å²) in [6.07, 6.45) is 5.08. The lowest BCUT2D eigenvalue weighted by Crippen LogP contribution is -2.21. The first-order valence-electron chi connectivity index (χ1n) is 10.1. The number of hydrogen-bond acceptors (Lipinski definition) is 7. The number of aromatic nitrogens is 4. The van der Waals surface area contributed by atoms with Gasteiger partial charge in [0, 0.05) is 32.3 Å². The monoisotopic (exact) mass is 432 g/mol. The van der Waals surface area contributed by atoms with Crippen molar-refractivity contribution in [1.29, 1.82) is 0 Å². The number of likely N-dealkylation sites (N-methyl/N-ethyl adjacent to an activating group) is 1. The molecule has 0 saturated carbocycles. The van der Waals surface area contributed by atoms with Gasteiger partial charge in [0.05, 0.1) is 59.8 Å². The van der Waals surface area contributed by atoms with Crippen LogP contribution in [0.25, 0.3) is 33.5 Å². The number of nitrogens with zero attached hydrogens (tertiary/aromatic N) is 4. The molecular weight excluding hydrogens is 408 g/mol. The highest BCUT2D eigenvalue weighted by molar-refractivity contribution is 6.01. The van der Waals surface area contributed by atoms with Crippen LogP contribution in [-0.2, 0) is 4.79 Å². The van der Waals surface area contributed by atoms with Crippen molar-refractivity contribution in [3.8, 4) is 28.3 Å². The van der Waals surface area contributed by atoms with Crippen LogP contribution in [0.5, 0.6) is 5.75 Å². The van der Waals surface area contributed by atoms with E-state index in [4.69, 9.17) is 9.72 Å². The van der Waals surface area contributed by atoms with Crippen LogP contribution in [0.3, 0.4) is 0 Å². The molecule has 0 aliphatic rings. The maximum absolute atomic E-state index is 11.5. The molecule has 0 aliphatic heterocycles. The van der Waals surface area contributed by atoms with E-state index in [9.17, 15) is 9.90 Å². The topological polar surface area (TPSA) is 116 Å². The largest absolute Gasteiger partial charge is 0.495 e. The van der Waals surface area contributed by atoms with Gasteiger partial charge in [-0.1, -0.05) is 0 Å². The van der Waals surface area contributed by atoms with E-state index in [1.54, 1.807) is 31.8 Å². The Morgan fingerprint density at radius 1 is 1.19 bits per heavy atom. The van der Waals surface area contributed by atoms with Crippen LogP contribution in [0.4, 0.5) is 11.5 Å². The molecule has 0 bridgehead atoms. The number of hydrogen-bond donors (Lipinski definition) is 3. The van der Waals surface area contributed by atoms with Crippen molar-refractivity contribution in [1.82, 2.24) is 19.9 Å². The lowest BCUT2D eigenvalue weighted by Gasteiger charge is -2.17. The Bertz CT molecular complexity index is 1250. The summed E-state index contributed by atoms with van der Waals surface area (Å²) < 4.78 is 5.25. The predicted molar refractivity (Wildman–Crippen MR) is 124 cm³/mol. The fraction of sp³-hybridized carbons (Fsp3) is 0.217. The van der Waals surface area contributed by atoms with E-state index in [1.807, 2.05) is 36.2 Å². The average molecular weight is 432 g/mol. The van der Waals surface area contributed by atoms with Gasteiger partial charge in [0.2, 0.25) is 5.91 Å². The van der Waals surface area contributed by atoms with Crippen molar-refractivity contribution in [3.05, 3.63) is 48.9 Å². The summed E-state index contributed by atoms with van der Waals surface area (Å²) in [5.41, 5.74) is 5.67. The van der Waals surface area contributed by atoms with Crippen LogP contribution in [-0.4, -0.2) is 58.3 Å². The van der Waals surface area contributed by atoms with E-state index in [0.717, 1.165) is 39.2 Å². The molecule has 0 atom stereocenters. The number of carbonyl (C=O) groups is 1. The van der Waals surface area contributed by atoms with Crippen molar-refractivity contribution < 1.29 is 14.6 Å². The molecule has 0 unspecified atom stereocenters. The number of aliphatic hydroxyl groups excluding tert-OH is 1. The second-order valence-electron chi connectivity index (χ2n) is 7.30. The van der Waals surface area contributed by atoms with E-state index < -0.39 is 0 Å². The SMILES string of the molecule is COc1ccc(-c2c(-c3ccnc(NC(C)=O)c3)[nH]c3cc(N(C)CCO)cnc23)nc1. The average Bonchev–Trinajstić information content (AvgIpc) is 3.18. The number of ether oxygens (including phenoxy) is 1. The maximum atomic E-state index is 11.5. The molecule has 0 fully saturated rings. The molecule has 164 valence electrons. The number of pyridine rings is 3. The molecule has 1 amide bonds. The third kappa shape index (κ3) is 4.23. The molecule has 0 aliphatic carbocycles. The third-order valence-corrected chi connectivity index (χ3v) is 5.08. The van der Waals surface area contributed by atoms with Crippen LogP contribution < -0.4 is 15.0 Å². The molecule has 0 spiro atoms. The Morgan fingerprint density at radius 2 is 2.03 bits per heavy atom. The highest BCUT2D eigenvalue weighted by atomic mass is 16.5. The number of nitrogens with one attached hydrogen (secondary N) is 2. The normalized spacial score (nSPS) is 10.9. The van der Waals surface area contributed by atoms with Gasteiger partial charge < -0.3 is 25.0 Å². The van der Waals surface area contributed by atoms with Gasteiger partial charge in [0.1, 0.15) is 11.6 Å². The zero-order valence-electron chi connectivity index (χ0n) is 18.1. The van der Waals surface area contributed by atoms with Crippen LogP contribution in [0.2, 0.25) is 0 Å². The molecule has 32 heavy (non-hydrogen) atoms. The first-order valence-corrected chi connectivity index (χ1v) is 10.1. The Hall–Kier alpha value is -3.98. The summed E-state index contributed by atoms with van der Waals surface area (Å²) in [5.74, 6) is 0.924. The fourth-order valence-electron chi connectivity index (χ4n) is 3.50. The third-order valence-electron chi connectivity index (χ3n) is 5.08. The summed E-state index contributed by atoms with van der Waals surface area (Å²) in [4.78, 5) is 30.4. The zero-order chi connectivity index (χ0) is 22.7. The number of H-pyrrole nitrogens is 1. The molecule has 0 aromatic carbocycles. The van der Waals surface area contributed by atoms with E-state index in [-0.39, 0.29) is 12.5 Å². The molecular formula is C23H24N6O3. The number of fused-ring (bicyclic) bond motifs is 1. The van der Waals surface area contributed by atoms with Crippen LogP contribution >= 0.6 is 0 Å². The lowest BCUT2D eigenvalue weighted by molar-refractivity contribution is -0.114. The smallest absolute Gasteiger partial charge is 0.222 e. The minimum Gasteiger partial charge on any atom is -0.495 e. The number of aliphatic hydroxyl groups is 1. The second kappa shape index (κ2) is 9.03. The van der Waals surface area contributed by atoms with E-state index >= 15 is 0 Å². The number of aromatic amines is 1. The molecule has 0 radical (unpaired) electrons. The Labute approximate surface area is 185 Å². The van der Waals surface area contributed by atoms with Crippen molar-refractivity contribution in [2.24, 2.45) is 0 Å². The van der Waals surface area contributed by atoms with Gasteiger partial charge in [-0.2, -0.15) is 0 Å². The number of rotatable bonds is 7. The maximum Gasteiger partial charge on any atom is 0.222 e. The van der Waals surface area contributed by atoms with Gasteiger partial charge in [0.25, 0.3) is 0 Å². The molecule has 4 aromatic rings. The van der Waals surface area contributed by atoms with Crippen LogP contribution in [0.15, 0.2) is 48.9 Å². The first-order chi connectivity index (χ1) is 15.5. The second-order valence-corrected chi connectivity index (χ2v) is 7.30. The summed E-state index contributed by atoms with van der Waals surface area (Å²) in [6.45, 7) is 1.99. The van der Waals surface area contributed by atoms with E-state index in [1.165, 1.54) is 6.92 Å². The van der Waals surface area contributed by atoms with Gasteiger partial charge >= 0.3 is 0 Å². The standard InChI is InChI=1S/C23H24N6O3/c1-14(31)27-20-10-15(6-7-24-20)22-21(18-5-4-17(32-3)13-25-18)23-19(28-22)11-16(12-26-23)29(2)8-9-30/h4-7,10-13,28,30H,8-9H2,1-3H3,(H,24,27,31). The number of anilines is 2. The van der Waals surface area contributed by atoms with Crippen LogP contribution in [0.1, 0.15) is 6.92 Å². The number of methoxy groups -OCH3 is 1. The molecule has 4 aromatic heterocycles. The molecule has 9 heteroatoms. The summed E-state index contributed by atoms with van der Waals surface area (Å²) in [5, 5.41) is 12.0. The zero-order valence-corrected chi connectivity index (χ0v) is 18.1. The van der Waals surface area contributed by atoms with Gasteiger partial charge in [-0.15, -0.1) is 0 Å². The van der Waals surface area contributed by atoms with Gasteiger partial charge in [0.15, 0.2) is 0 Å². The summed E-state index contributed by atoms with van der Waals surface area (Å²) >= 11 is 0. The molecule has 4 rings (SSSR count). The highest BCUT2D eigenvalue weighted by Crippen LogP contribution is 2.38. The minimum atomic E-state index is -0.193. The van der Waals surface area contributed by atoms with Gasteiger partial charge in [-0.25, -0.2) is 4.98 Å². The Kier molecular flexibility index (Phi) is 6.00. The van der Waals surface area contributed by atoms with Crippen molar-refractivity contribution in [3.63, 3.8) is 0 Å². The molecule has 9 nitrogen and oxygen atoms in total. The van der Waals surface area contributed by atoms with Crippen molar-refractivity contribution >= 4 is 28.4 Å². The van der Waals surface area contributed by atoms with E-state index in [2.05, 4.69) is 20.3 Å². The van der Waals surface area contributed by atoms with Gasteiger partial charge in [-0.05, 0) is 30.3 Å².